The molecule has 0 radical (unpaired) electrons. The Balaban J connectivity index is 2.38. The number of halogens is 1. The minimum atomic E-state index is -1.15. The molecule has 0 amide bonds. The molecule has 0 unspecified atom stereocenters. The molecular weight excluding hydrogens is 280 g/mol. The highest BCUT2D eigenvalue weighted by atomic mass is 35.5. The fourth-order valence-corrected chi connectivity index (χ4v) is 1.71. The highest BCUT2D eigenvalue weighted by Crippen LogP contribution is 2.26. The number of nitrogen functional groups attached to an aromatic ring is 1. The van der Waals surface area contributed by atoms with E-state index in [1.807, 2.05) is 6.07 Å². The highest BCUT2D eigenvalue weighted by molar-refractivity contribution is 6.33. The summed E-state index contributed by atoms with van der Waals surface area (Å²) in [6, 6.07) is 7.97. The zero-order valence-corrected chi connectivity index (χ0v) is 10.8. The normalized spacial score (nSPS) is 9.80. The van der Waals surface area contributed by atoms with Gasteiger partial charge in [-0.1, -0.05) is 11.6 Å². The van der Waals surface area contributed by atoms with Crippen LogP contribution in [-0.2, 0) is 0 Å². The van der Waals surface area contributed by atoms with E-state index >= 15 is 0 Å². The molecule has 0 aliphatic heterocycles. The first-order valence-electron chi connectivity index (χ1n) is 5.46. The molecule has 0 atom stereocenters. The lowest BCUT2D eigenvalue weighted by Gasteiger charge is -2.09. The standard InChI is InChI=1S/C13H9ClN4O2/c14-9-2-1-7(5-15)3-11(9)18-12-4-8(13(19)20)10(16)6-17-12/h1-4,6H,16H2,(H,17,18)(H,19,20). The van der Waals surface area contributed by atoms with E-state index in [4.69, 9.17) is 27.7 Å². The summed E-state index contributed by atoms with van der Waals surface area (Å²) in [5.74, 6) is -0.876. The number of rotatable bonds is 3. The second kappa shape index (κ2) is 5.47. The van der Waals surface area contributed by atoms with E-state index in [-0.39, 0.29) is 17.1 Å². The number of carboxylic acid groups (broad SMARTS) is 1. The van der Waals surface area contributed by atoms with Gasteiger partial charge in [0.2, 0.25) is 0 Å². The van der Waals surface area contributed by atoms with Crippen molar-refractivity contribution in [3.8, 4) is 6.07 Å². The fourth-order valence-electron chi connectivity index (χ4n) is 1.55. The summed E-state index contributed by atoms with van der Waals surface area (Å²) < 4.78 is 0. The number of pyridine rings is 1. The molecule has 7 heteroatoms. The zero-order valence-electron chi connectivity index (χ0n) is 10.1. The number of hydrogen-bond donors (Lipinski definition) is 3. The maximum atomic E-state index is 11.0. The van der Waals surface area contributed by atoms with Gasteiger partial charge in [0.1, 0.15) is 5.82 Å². The summed E-state index contributed by atoms with van der Waals surface area (Å²) in [6.45, 7) is 0. The number of aromatic carboxylic acids is 1. The quantitative estimate of drug-likeness (QED) is 0.800. The molecular formula is C13H9ClN4O2. The van der Waals surface area contributed by atoms with Crippen LogP contribution >= 0.6 is 11.6 Å². The molecule has 0 fully saturated rings. The lowest BCUT2D eigenvalue weighted by Crippen LogP contribution is -2.05. The van der Waals surface area contributed by atoms with Gasteiger partial charge in [0.25, 0.3) is 0 Å². The first-order chi connectivity index (χ1) is 9.51. The van der Waals surface area contributed by atoms with Crippen molar-refractivity contribution < 1.29 is 9.90 Å². The van der Waals surface area contributed by atoms with Crippen LogP contribution < -0.4 is 11.1 Å². The molecule has 2 aromatic rings. The summed E-state index contributed by atoms with van der Waals surface area (Å²) in [4.78, 5) is 15.0. The average Bonchev–Trinajstić information content (AvgIpc) is 2.43. The van der Waals surface area contributed by atoms with Crippen LogP contribution in [0.4, 0.5) is 17.2 Å². The van der Waals surface area contributed by atoms with Crippen LogP contribution in [0.2, 0.25) is 5.02 Å². The fraction of sp³-hybridized carbons (Fsp3) is 0. The summed E-state index contributed by atoms with van der Waals surface area (Å²) in [5, 5.41) is 21.1. The average molecular weight is 289 g/mol. The minimum absolute atomic E-state index is 0.0601. The SMILES string of the molecule is N#Cc1ccc(Cl)c(Nc2cc(C(=O)O)c(N)cn2)c1. The maximum absolute atomic E-state index is 11.0. The molecule has 20 heavy (non-hydrogen) atoms. The number of nitrogens with one attached hydrogen (secondary N) is 1. The Kier molecular flexibility index (Phi) is 3.73. The summed E-state index contributed by atoms with van der Waals surface area (Å²) >= 11 is 6.00. The van der Waals surface area contributed by atoms with Crippen molar-refractivity contribution in [2.75, 3.05) is 11.1 Å². The van der Waals surface area contributed by atoms with Crippen molar-refractivity contribution >= 4 is 34.8 Å². The van der Waals surface area contributed by atoms with Crippen LogP contribution in [0.3, 0.4) is 0 Å². The highest BCUT2D eigenvalue weighted by Gasteiger charge is 2.11. The molecule has 4 N–H and O–H groups in total. The number of hydrogen-bond acceptors (Lipinski definition) is 5. The van der Waals surface area contributed by atoms with Crippen LogP contribution in [0.1, 0.15) is 15.9 Å². The topological polar surface area (TPSA) is 112 Å². The molecule has 1 heterocycles. The number of aromatic nitrogens is 1. The first kappa shape index (κ1) is 13.6. The van der Waals surface area contributed by atoms with Crippen LogP contribution in [0.15, 0.2) is 30.5 Å². The molecule has 0 aliphatic carbocycles. The largest absolute Gasteiger partial charge is 0.478 e. The van der Waals surface area contributed by atoms with Crippen LogP contribution in [0, 0.1) is 11.3 Å². The third-order valence-corrected chi connectivity index (χ3v) is 2.85. The molecule has 0 spiro atoms. The number of carboxylic acids is 1. The second-order valence-corrected chi connectivity index (χ2v) is 4.30. The number of nitrogens with zero attached hydrogens (tertiary/aromatic N) is 2. The molecule has 0 bridgehead atoms. The predicted octanol–water partition coefficient (Wildman–Crippen LogP) is 2.63. The molecule has 6 nitrogen and oxygen atoms in total. The summed E-state index contributed by atoms with van der Waals surface area (Å²) in [7, 11) is 0. The Labute approximate surface area is 119 Å². The molecule has 1 aromatic carbocycles. The number of benzene rings is 1. The lowest BCUT2D eigenvalue weighted by atomic mass is 10.2. The second-order valence-electron chi connectivity index (χ2n) is 3.89. The van der Waals surface area contributed by atoms with Gasteiger partial charge in [-0.25, -0.2) is 9.78 Å². The van der Waals surface area contributed by atoms with Crippen molar-refractivity contribution in [1.82, 2.24) is 4.98 Å². The molecule has 0 aliphatic rings. The van der Waals surface area contributed by atoms with Gasteiger partial charge < -0.3 is 16.2 Å². The monoisotopic (exact) mass is 288 g/mol. The lowest BCUT2D eigenvalue weighted by molar-refractivity contribution is 0.0698. The Bertz CT molecular complexity index is 725. The smallest absolute Gasteiger partial charge is 0.337 e. The zero-order chi connectivity index (χ0) is 14.7. The first-order valence-corrected chi connectivity index (χ1v) is 5.84. The number of carbonyl (C=O) groups is 1. The van der Waals surface area contributed by atoms with Crippen LogP contribution in [0.25, 0.3) is 0 Å². The number of anilines is 3. The molecule has 0 saturated carbocycles. The van der Waals surface area contributed by atoms with Gasteiger partial charge in [0.15, 0.2) is 0 Å². The van der Waals surface area contributed by atoms with Crippen molar-refractivity contribution in [3.63, 3.8) is 0 Å². The Hall–Kier alpha value is -2.78. The predicted molar refractivity (Wildman–Crippen MR) is 75.1 cm³/mol. The van der Waals surface area contributed by atoms with Crippen LogP contribution in [-0.4, -0.2) is 16.1 Å². The Morgan fingerprint density at radius 3 is 2.85 bits per heavy atom. The van der Waals surface area contributed by atoms with Gasteiger partial charge in [0, 0.05) is 0 Å². The minimum Gasteiger partial charge on any atom is -0.478 e. The molecule has 0 saturated heterocycles. The third kappa shape index (κ3) is 2.79. The van der Waals surface area contributed by atoms with Crippen molar-refractivity contribution in [2.24, 2.45) is 0 Å². The third-order valence-electron chi connectivity index (χ3n) is 2.52. The number of nitrogens with two attached hydrogens (primary N) is 1. The maximum Gasteiger partial charge on any atom is 0.337 e. The summed E-state index contributed by atoms with van der Waals surface area (Å²) in [5.41, 5.74) is 6.41. The molecule has 100 valence electrons. The van der Waals surface area contributed by atoms with Gasteiger partial charge in [0.05, 0.1) is 39.8 Å². The Morgan fingerprint density at radius 2 is 2.20 bits per heavy atom. The number of nitriles is 1. The van der Waals surface area contributed by atoms with Gasteiger partial charge in [-0.3, -0.25) is 0 Å². The van der Waals surface area contributed by atoms with Gasteiger partial charge in [-0.2, -0.15) is 5.26 Å². The molecule has 1 aromatic heterocycles. The van der Waals surface area contributed by atoms with Crippen molar-refractivity contribution in [1.29, 1.82) is 5.26 Å². The Morgan fingerprint density at radius 1 is 1.45 bits per heavy atom. The van der Waals surface area contributed by atoms with Crippen molar-refractivity contribution in [3.05, 3.63) is 46.6 Å². The van der Waals surface area contributed by atoms with E-state index in [2.05, 4.69) is 10.3 Å². The van der Waals surface area contributed by atoms with Gasteiger partial charge in [-0.05, 0) is 24.3 Å². The van der Waals surface area contributed by atoms with E-state index in [0.717, 1.165) is 0 Å². The van der Waals surface area contributed by atoms with E-state index in [9.17, 15) is 4.79 Å². The van der Waals surface area contributed by atoms with E-state index < -0.39 is 5.97 Å². The van der Waals surface area contributed by atoms with E-state index in [0.29, 0.717) is 16.3 Å². The molecule has 2 rings (SSSR count). The van der Waals surface area contributed by atoms with Crippen molar-refractivity contribution in [2.45, 2.75) is 0 Å². The summed E-state index contributed by atoms with van der Waals surface area (Å²) in [6.07, 6.45) is 1.24. The van der Waals surface area contributed by atoms with E-state index in [1.54, 1.807) is 18.2 Å². The van der Waals surface area contributed by atoms with E-state index in [1.165, 1.54) is 12.3 Å². The van der Waals surface area contributed by atoms with Crippen LogP contribution in [0.5, 0.6) is 0 Å². The van der Waals surface area contributed by atoms with Gasteiger partial charge >= 0.3 is 5.97 Å². The van der Waals surface area contributed by atoms with Gasteiger partial charge in [-0.15, -0.1) is 0 Å².